The lowest BCUT2D eigenvalue weighted by molar-refractivity contribution is -0.137. The fraction of sp³-hybridized carbons (Fsp3) is 0.174. The Labute approximate surface area is 177 Å². The Kier molecular flexibility index (Phi) is 5.43. The largest absolute Gasteiger partial charge is 0.416 e. The van der Waals surface area contributed by atoms with E-state index >= 15 is 0 Å². The van der Waals surface area contributed by atoms with Crippen molar-refractivity contribution >= 4 is 34.6 Å². The van der Waals surface area contributed by atoms with Crippen LogP contribution in [0.4, 0.5) is 30.2 Å². The molecule has 1 aliphatic heterocycles. The molecule has 0 N–H and O–H groups in total. The predicted octanol–water partition coefficient (Wildman–Crippen LogP) is 6.09. The molecule has 4 rings (SSSR count). The Morgan fingerprint density at radius 3 is 2.37 bits per heavy atom. The molecule has 0 unspecified atom stereocenters. The van der Waals surface area contributed by atoms with Crippen LogP contribution in [0.25, 0.3) is 0 Å². The molecule has 0 atom stereocenters. The quantitative estimate of drug-likeness (QED) is 0.500. The van der Waals surface area contributed by atoms with Gasteiger partial charge >= 0.3 is 6.18 Å². The third-order valence-corrected chi connectivity index (χ3v) is 5.27. The third-order valence-electron chi connectivity index (χ3n) is 5.03. The van der Waals surface area contributed by atoms with E-state index in [0.29, 0.717) is 23.7 Å². The number of hydrogen-bond acceptors (Lipinski definition) is 2. The number of anilines is 3. The van der Waals surface area contributed by atoms with Gasteiger partial charge in [-0.15, -0.1) is 0 Å². The van der Waals surface area contributed by atoms with Gasteiger partial charge in [-0.25, -0.2) is 0 Å². The maximum absolute atomic E-state index is 13.2. The van der Waals surface area contributed by atoms with E-state index in [-0.39, 0.29) is 18.1 Å². The molecule has 0 aliphatic carbocycles. The van der Waals surface area contributed by atoms with Gasteiger partial charge in [0.05, 0.1) is 23.5 Å². The average Bonchev–Trinajstić information content (AvgIpc) is 2.71. The number of amides is 1. The van der Waals surface area contributed by atoms with Gasteiger partial charge in [-0.1, -0.05) is 41.9 Å². The molecule has 0 aromatic heterocycles. The molecule has 1 aliphatic rings. The van der Waals surface area contributed by atoms with Crippen molar-refractivity contribution < 1.29 is 18.0 Å². The van der Waals surface area contributed by atoms with Gasteiger partial charge in [0.25, 0.3) is 5.91 Å². The van der Waals surface area contributed by atoms with Crippen molar-refractivity contribution in [2.75, 3.05) is 22.9 Å². The molecular formula is C23H18ClF3N2O. The minimum absolute atomic E-state index is 0.0772. The van der Waals surface area contributed by atoms with Crippen molar-refractivity contribution in [2.45, 2.75) is 12.6 Å². The van der Waals surface area contributed by atoms with E-state index in [0.717, 1.165) is 23.4 Å². The van der Waals surface area contributed by atoms with E-state index in [1.165, 1.54) is 17.0 Å². The summed E-state index contributed by atoms with van der Waals surface area (Å²) in [5.74, 6) is -0.279. The van der Waals surface area contributed by atoms with Gasteiger partial charge in [0, 0.05) is 17.3 Å². The molecule has 0 radical (unpaired) electrons. The Bertz CT molecular complexity index is 1080. The van der Waals surface area contributed by atoms with Gasteiger partial charge in [0.2, 0.25) is 0 Å². The number of hydrogen-bond donors (Lipinski definition) is 0. The number of fused-ring (bicyclic) bond motifs is 1. The maximum atomic E-state index is 13.2. The number of benzene rings is 3. The summed E-state index contributed by atoms with van der Waals surface area (Å²) < 4.78 is 39.5. The van der Waals surface area contributed by atoms with Crippen LogP contribution in [-0.4, -0.2) is 19.0 Å². The summed E-state index contributed by atoms with van der Waals surface area (Å²) in [5, 5.41) is 0.651. The number of carbonyl (C=O) groups excluding carboxylic acids is 1. The summed E-state index contributed by atoms with van der Waals surface area (Å²) in [6, 6.07) is 19.6. The molecule has 1 amide bonds. The summed E-state index contributed by atoms with van der Waals surface area (Å²) in [6.45, 7) is 0.660. The molecule has 0 spiro atoms. The van der Waals surface area contributed by atoms with E-state index in [1.807, 2.05) is 35.2 Å². The highest BCUT2D eigenvalue weighted by molar-refractivity contribution is 6.30. The van der Waals surface area contributed by atoms with E-state index in [2.05, 4.69) is 0 Å². The molecule has 154 valence electrons. The molecule has 0 saturated carbocycles. The van der Waals surface area contributed by atoms with Crippen LogP contribution in [-0.2, 0) is 17.4 Å². The zero-order valence-corrected chi connectivity index (χ0v) is 16.6. The standard InChI is InChI=1S/C23H18ClF3N2O/c24-18-7-3-5-16(13-18)11-12-28-15-22(30)29(21-10-2-1-9-20(21)28)19-8-4-6-17(14-19)23(25,26)27/h1-10,13-14H,11-12,15H2. The fourth-order valence-corrected chi connectivity index (χ4v) is 3.85. The zero-order chi connectivity index (χ0) is 21.3. The zero-order valence-electron chi connectivity index (χ0n) is 15.9. The van der Waals surface area contributed by atoms with Crippen LogP contribution in [0.5, 0.6) is 0 Å². The number of rotatable bonds is 4. The molecule has 1 heterocycles. The molecule has 0 fully saturated rings. The highest BCUT2D eigenvalue weighted by Crippen LogP contribution is 2.40. The summed E-state index contributed by atoms with van der Waals surface area (Å²) in [4.78, 5) is 16.3. The third kappa shape index (κ3) is 4.14. The highest BCUT2D eigenvalue weighted by Gasteiger charge is 2.34. The Morgan fingerprint density at radius 1 is 0.900 bits per heavy atom. The fourth-order valence-electron chi connectivity index (χ4n) is 3.63. The Balaban J connectivity index is 1.65. The van der Waals surface area contributed by atoms with Crippen molar-refractivity contribution in [2.24, 2.45) is 0 Å². The van der Waals surface area contributed by atoms with E-state index in [1.54, 1.807) is 18.2 Å². The van der Waals surface area contributed by atoms with Crippen molar-refractivity contribution in [1.29, 1.82) is 0 Å². The SMILES string of the molecule is O=C1CN(CCc2cccc(Cl)c2)c2ccccc2N1c1cccc(C(F)(F)F)c1. The van der Waals surface area contributed by atoms with Crippen LogP contribution in [0, 0.1) is 0 Å². The first-order chi connectivity index (χ1) is 14.3. The molecule has 0 saturated heterocycles. The second-order valence-electron chi connectivity index (χ2n) is 7.07. The first-order valence-corrected chi connectivity index (χ1v) is 9.79. The van der Waals surface area contributed by atoms with Crippen LogP contribution < -0.4 is 9.80 Å². The summed E-state index contributed by atoms with van der Waals surface area (Å²) >= 11 is 6.05. The summed E-state index contributed by atoms with van der Waals surface area (Å²) in [5.41, 5.74) is 1.84. The Morgan fingerprint density at radius 2 is 1.63 bits per heavy atom. The normalized spacial score (nSPS) is 14.1. The van der Waals surface area contributed by atoms with E-state index in [9.17, 15) is 18.0 Å². The molecule has 3 aromatic rings. The Hall–Kier alpha value is -2.99. The predicted molar refractivity (Wildman–Crippen MR) is 112 cm³/mol. The van der Waals surface area contributed by atoms with Crippen LogP contribution >= 0.6 is 11.6 Å². The first-order valence-electron chi connectivity index (χ1n) is 9.41. The molecule has 0 bridgehead atoms. The van der Waals surface area contributed by atoms with Crippen molar-refractivity contribution in [3.05, 3.63) is 88.9 Å². The van der Waals surface area contributed by atoms with Crippen LogP contribution in [0.15, 0.2) is 72.8 Å². The maximum Gasteiger partial charge on any atom is 0.416 e. The van der Waals surface area contributed by atoms with Crippen molar-refractivity contribution in [1.82, 2.24) is 0 Å². The van der Waals surface area contributed by atoms with Gasteiger partial charge in [-0.2, -0.15) is 13.2 Å². The second-order valence-corrected chi connectivity index (χ2v) is 7.50. The van der Waals surface area contributed by atoms with Gasteiger partial charge in [-0.3, -0.25) is 9.69 Å². The summed E-state index contributed by atoms with van der Waals surface area (Å²) in [6.07, 6.45) is -3.79. The lowest BCUT2D eigenvalue weighted by atomic mass is 10.1. The van der Waals surface area contributed by atoms with E-state index in [4.69, 9.17) is 11.6 Å². The highest BCUT2D eigenvalue weighted by atomic mass is 35.5. The van der Waals surface area contributed by atoms with Gasteiger partial charge in [-0.05, 0) is 54.4 Å². The number of nitrogens with zero attached hydrogens (tertiary/aromatic N) is 2. The second kappa shape index (κ2) is 8.03. The monoisotopic (exact) mass is 430 g/mol. The van der Waals surface area contributed by atoms with Crippen LogP contribution in [0.3, 0.4) is 0 Å². The van der Waals surface area contributed by atoms with E-state index < -0.39 is 11.7 Å². The molecule has 7 heteroatoms. The molecule has 30 heavy (non-hydrogen) atoms. The number of halogens is 4. The lowest BCUT2D eigenvalue weighted by Crippen LogP contribution is -2.44. The average molecular weight is 431 g/mol. The van der Waals surface area contributed by atoms with Crippen LogP contribution in [0.2, 0.25) is 5.02 Å². The van der Waals surface area contributed by atoms with Crippen LogP contribution in [0.1, 0.15) is 11.1 Å². The molecular weight excluding hydrogens is 413 g/mol. The minimum atomic E-state index is -4.47. The number of alkyl halides is 3. The minimum Gasteiger partial charge on any atom is -0.360 e. The van der Waals surface area contributed by atoms with Crippen molar-refractivity contribution in [3.63, 3.8) is 0 Å². The molecule has 3 nitrogen and oxygen atoms in total. The van der Waals surface area contributed by atoms with Crippen molar-refractivity contribution in [3.8, 4) is 0 Å². The van der Waals surface area contributed by atoms with Gasteiger partial charge in [0.15, 0.2) is 0 Å². The summed E-state index contributed by atoms with van der Waals surface area (Å²) in [7, 11) is 0. The lowest BCUT2D eigenvalue weighted by Gasteiger charge is -2.37. The van der Waals surface area contributed by atoms with Gasteiger partial charge < -0.3 is 4.90 Å². The number of para-hydroxylation sites is 2. The van der Waals surface area contributed by atoms with Gasteiger partial charge in [0.1, 0.15) is 0 Å². The smallest absolute Gasteiger partial charge is 0.360 e. The first kappa shape index (κ1) is 20.3. The number of carbonyl (C=O) groups is 1. The topological polar surface area (TPSA) is 23.6 Å². The molecule has 3 aromatic carbocycles.